The van der Waals surface area contributed by atoms with Gasteiger partial charge in [-0.3, -0.25) is 4.79 Å². The van der Waals surface area contributed by atoms with Crippen LogP contribution in [0.15, 0.2) is 47.4 Å². The van der Waals surface area contributed by atoms with Gasteiger partial charge < -0.3 is 14.4 Å². The molecule has 1 amide bonds. The number of likely N-dealkylation sites (tertiary alicyclic amines) is 1. The summed E-state index contributed by atoms with van der Waals surface area (Å²) in [6, 6.07) is 12.1. The molecule has 180 valence electrons. The van der Waals surface area contributed by atoms with Crippen LogP contribution in [0.1, 0.15) is 55.5 Å². The Kier molecular flexibility index (Phi) is 8.37. The fourth-order valence-corrected chi connectivity index (χ4v) is 4.95. The Morgan fingerprint density at radius 2 is 1.82 bits per heavy atom. The number of sulfonamides is 1. The van der Waals surface area contributed by atoms with Gasteiger partial charge in [0.05, 0.1) is 17.6 Å². The first-order valence-corrected chi connectivity index (χ1v) is 12.9. The fourth-order valence-electron chi connectivity index (χ4n) is 3.91. The molecule has 33 heavy (non-hydrogen) atoms. The van der Waals surface area contributed by atoms with E-state index < -0.39 is 10.0 Å². The van der Waals surface area contributed by atoms with Crippen molar-refractivity contribution in [2.45, 2.75) is 44.4 Å². The molecule has 8 heteroatoms. The van der Waals surface area contributed by atoms with Gasteiger partial charge in [-0.15, -0.1) is 0 Å². The minimum absolute atomic E-state index is 0.0274. The van der Waals surface area contributed by atoms with Crippen molar-refractivity contribution in [2.75, 3.05) is 33.4 Å². The molecule has 0 bridgehead atoms. The van der Waals surface area contributed by atoms with Crippen LogP contribution < -0.4 is 14.2 Å². The van der Waals surface area contributed by atoms with Crippen LogP contribution in [0.25, 0.3) is 0 Å². The maximum atomic E-state index is 13.1. The van der Waals surface area contributed by atoms with Gasteiger partial charge in [-0.1, -0.05) is 39.0 Å². The molecule has 0 aliphatic carbocycles. The average molecular weight is 475 g/mol. The molecule has 1 aliphatic heterocycles. The summed E-state index contributed by atoms with van der Waals surface area (Å²) in [6.45, 7) is 7.95. The maximum Gasteiger partial charge on any atom is 0.257 e. The van der Waals surface area contributed by atoms with Crippen molar-refractivity contribution in [3.05, 3.63) is 53.6 Å². The van der Waals surface area contributed by atoms with Crippen molar-refractivity contribution in [2.24, 2.45) is 5.92 Å². The van der Waals surface area contributed by atoms with Crippen molar-refractivity contribution < 1.29 is 22.7 Å². The summed E-state index contributed by atoms with van der Waals surface area (Å²) in [5.74, 6) is 1.80. The summed E-state index contributed by atoms with van der Waals surface area (Å²) in [4.78, 5) is 14.9. The molecule has 0 atom stereocenters. The molecular formula is C25H34N2O5S. The van der Waals surface area contributed by atoms with Gasteiger partial charge in [0.25, 0.3) is 5.91 Å². The van der Waals surface area contributed by atoms with Crippen LogP contribution in [0.5, 0.6) is 11.5 Å². The van der Waals surface area contributed by atoms with Crippen LogP contribution in [0.4, 0.5) is 0 Å². The first-order valence-electron chi connectivity index (χ1n) is 11.4. The van der Waals surface area contributed by atoms with Gasteiger partial charge in [-0.05, 0) is 54.5 Å². The third kappa shape index (κ3) is 6.26. The lowest BCUT2D eigenvalue weighted by Gasteiger charge is -2.30. The average Bonchev–Trinajstić information content (AvgIpc) is 2.81. The molecule has 1 fully saturated rings. The van der Waals surface area contributed by atoms with E-state index in [1.54, 1.807) is 4.90 Å². The van der Waals surface area contributed by atoms with E-state index in [-0.39, 0.29) is 29.5 Å². The number of hydrogen-bond donors (Lipinski definition) is 1. The maximum absolute atomic E-state index is 13.1. The molecule has 0 saturated carbocycles. The summed E-state index contributed by atoms with van der Waals surface area (Å²) in [5, 5.41) is 0. The highest BCUT2D eigenvalue weighted by atomic mass is 32.2. The van der Waals surface area contributed by atoms with Crippen molar-refractivity contribution in [3.8, 4) is 11.5 Å². The van der Waals surface area contributed by atoms with Gasteiger partial charge >= 0.3 is 0 Å². The molecule has 0 aromatic heterocycles. The van der Waals surface area contributed by atoms with Gasteiger partial charge in [0, 0.05) is 19.6 Å². The summed E-state index contributed by atoms with van der Waals surface area (Å²) in [7, 11) is -2.34. The number of piperidine rings is 1. The number of nitrogens with zero attached hydrogens (tertiary/aromatic N) is 1. The number of amides is 1. The monoisotopic (exact) mass is 474 g/mol. The fraction of sp³-hybridized carbons (Fsp3) is 0.480. The highest BCUT2D eigenvalue weighted by Gasteiger charge is 2.26. The Balaban J connectivity index is 1.68. The Morgan fingerprint density at radius 3 is 2.48 bits per heavy atom. The van der Waals surface area contributed by atoms with Crippen molar-refractivity contribution >= 4 is 15.9 Å². The number of benzene rings is 2. The molecule has 1 saturated heterocycles. The Labute approximate surface area is 197 Å². The second-order valence-electron chi connectivity index (χ2n) is 8.78. The molecule has 7 nitrogen and oxygen atoms in total. The molecule has 0 unspecified atom stereocenters. The number of ether oxygens (including phenoxy) is 2. The van der Waals surface area contributed by atoms with Gasteiger partial charge in [0.2, 0.25) is 10.0 Å². The normalized spacial score (nSPS) is 15.0. The van der Waals surface area contributed by atoms with Crippen LogP contribution in [0.3, 0.4) is 0 Å². The topological polar surface area (TPSA) is 84.9 Å². The third-order valence-electron chi connectivity index (χ3n) is 5.98. The second kappa shape index (κ2) is 11.0. The molecule has 1 heterocycles. The van der Waals surface area contributed by atoms with Crippen LogP contribution in [0, 0.1) is 5.92 Å². The lowest BCUT2D eigenvalue weighted by atomic mass is 9.98. The number of carbonyl (C=O) groups is 1. The number of nitrogens with one attached hydrogen (secondary N) is 1. The van der Waals surface area contributed by atoms with E-state index in [2.05, 4.69) is 25.5 Å². The zero-order chi connectivity index (χ0) is 24.0. The molecule has 2 aromatic rings. The molecule has 1 aliphatic rings. The number of para-hydroxylation sites is 1. The zero-order valence-electron chi connectivity index (χ0n) is 19.8. The van der Waals surface area contributed by atoms with Gasteiger partial charge in [0.15, 0.2) is 0 Å². The first-order chi connectivity index (χ1) is 15.7. The van der Waals surface area contributed by atoms with E-state index in [0.29, 0.717) is 30.7 Å². The number of methoxy groups -OCH3 is 1. The van der Waals surface area contributed by atoms with E-state index in [0.717, 1.165) is 24.2 Å². The van der Waals surface area contributed by atoms with Crippen molar-refractivity contribution in [1.29, 1.82) is 0 Å². The molecule has 0 radical (unpaired) electrons. The van der Waals surface area contributed by atoms with E-state index in [1.165, 1.54) is 25.3 Å². The number of hydrogen-bond acceptors (Lipinski definition) is 5. The molecule has 0 spiro atoms. The van der Waals surface area contributed by atoms with Gasteiger partial charge in [-0.2, -0.15) is 0 Å². The SMILES string of the molecule is COc1ccc(S(=O)(=O)NCCOc2ccccc2C(C)C)cc1C(=O)N1CCC(C)CC1. The van der Waals surface area contributed by atoms with Crippen LogP contribution in [-0.4, -0.2) is 52.6 Å². The Hall–Kier alpha value is -2.58. The predicted molar refractivity (Wildman–Crippen MR) is 129 cm³/mol. The molecule has 2 aromatic carbocycles. The second-order valence-corrected chi connectivity index (χ2v) is 10.5. The van der Waals surface area contributed by atoms with E-state index in [4.69, 9.17) is 9.47 Å². The Morgan fingerprint density at radius 1 is 1.12 bits per heavy atom. The highest BCUT2D eigenvalue weighted by Crippen LogP contribution is 2.27. The standard InChI is InChI=1S/C25H34N2O5S/c1-18(2)21-7-5-6-8-24(21)32-16-13-26-33(29,30)20-9-10-23(31-4)22(17-20)25(28)27-14-11-19(3)12-15-27/h5-10,17-19,26H,11-16H2,1-4H3. The number of rotatable bonds is 9. The first kappa shape index (κ1) is 25.1. The van der Waals surface area contributed by atoms with Crippen molar-refractivity contribution in [1.82, 2.24) is 9.62 Å². The minimum atomic E-state index is -3.82. The minimum Gasteiger partial charge on any atom is -0.496 e. The van der Waals surface area contributed by atoms with E-state index >= 15 is 0 Å². The summed E-state index contributed by atoms with van der Waals surface area (Å²) < 4.78 is 39.5. The van der Waals surface area contributed by atoms with Crippen molar-refractivity contribution in [3.63, 3.8) is 0 Å². The van der Waals surface area contributed by atoms with Crippen LogP contribution in [0.2, 0.25) is 0 Å². The lowest BCUT2D eigenvalue weighted by Crippen LogP contribution is -2.38. The quantitative estimate of drug-likeness (QED) is 0.554. The lowest BCUT2D eigenvalue weighted by molar-refractivity contribution is 0.0693. The van der Waals surface area contributed by atoms with Gasteiger partial charge in [0.1, 0.15) is 18.1 Å². The highest BCUT2D eigenvalue weighted by molar-refractivity contribution is 7.89. The molecular weight excluding hydrogens is 440 g/mol. The Bertz CT molecular complexity index is 1060. The van der Waals surface area contributed by atoms with Crippen LogP contribution >= 0.6 is 0 Å². The van der Waals surface area contributed by atoms with Crippen LogP contribution in [-0.2, 0) is 10.0 Å². The largest absolute Gasteiger partial charge is 0.496 e. The number of carbonyl (C=O) groups excluding carboxylic acids is 1. The zero-order valence-corrected chi connectivity index (χ0v) is 20.7. The van der Waals surface area contributed by atoms with E-state index in [9.17, 15) is 13.2 Å². The third-order valence-corrected chi connectivity index (χ3v) is 7.43. The smallest absolute Gasteiger partial charge is 0.257 e. The van der Waals surface area contributed by atoms with Gasteiger partial charge in [-0.25, -0.2) is 13.1 Å². The summed E-state index contributed by atoms with van der Waals surface area (Å²) in [5.41, 5.74) is 1.34. The summed E-state index contributed by atoms with van der Waals surface area (Å²) >= 11 is 0. The predicted octanol–water partition coefficient (Wildman–Crippen LogP) is 4.05. The summed E-state index contributed by atoms with van der Waals surface area (Å²) in [6.07, 6.45) is 1.88. The molecule has 3 rings (SSSR count). The van der Waals surface area contributed by atoms with E-state index in [1.807, 2.05) is 24.3 Å². The molecule has 1 N–H and O–H groups in total.